The summed E-state index contributed by atoms with van der Waals surface area (Å²) in [6.07, 6.45) is 0.0716. The molecule has 0 radical (unpaired) electrons. The molecule has 0 saturated carbocycles. The topological polar surface area (TPSA) is 303 Å². The van der Waals surface area contributed by atoms with Crippen molar-refractivity contribution in [2.75, 3.05) is 26.4 Å². The molecule has 0 heterocycles. The van der Waals surface area contributed by atoms with Crippen LogP contribution < -0.4 is 40.2 Å². The van der Waals surface area contributed by atoms with Crippen molar-refractivity contribution in [3.05, 3.63) is 115 Å². The standard InChI is InChI=1S/C72H100N4O16/c1-37(2)57(65(81)82)73-53(77)33-89-61-41-21-43-27-50(70(12,13)14)29-45(62(43)90-34-54(78)74-58(38(3)4)66(83)84)23-47-31-52(72(18,19)20)32-48(64(47)92-36-56(80)76-60(40(7)8)68(87)88)24-46-30-51(71(15,16)17)28-44(22-42(61)26-49(25-41)69(9,10)11)63(46)91-35-55(79)75-59(39(5)6)67(85)86/h25-32,37-40,57-60H,21-24,33-36H2,1-20H3,(H,73,77)(H,74,78)(H,75,79)(H,76,80)(H,81,82)(H,83,84)(H,85,86)(H,87,88)/t57-,58-,59-,60-/m0/s1. The summed E-state index contributed by atoms with van der Waals surface area (Å²) in [5.74, 6) is -8.65. The Morgan fingerprint density at radius 3 is 0.565 bits per heavy atom. The van der Waals surface area contributed by atoms with Gasteiger partial charge in [0.05, 0.1) is 0 Å². The number of benzene rings is 4. The molecule has 4 amide bonds. The first kappa shape index (κ1) is 74.6. The van der Waals surface area contributed by atoms with Crippen molar-refractivity contribution in [1.29, 1.82) is 0 Å². The van der Waals surface area contributed by atoms with E-state index in [0.29, 0.717) is 44.5 Å². The van der Waals surface area contributed by atoms with Crippen LogP contribution in [0.5, 0.6) is 23.0 Å². The van der Waals surface area contributed by atoms with Gasteiger partial charge in [-0.1, -0.05) is 187 Å². The van der Waals surface area contributed by atoms with E-state index < -0.39 is 143 Å². The van der Waals surface area contributed by atoms with Crippen molar-refractivity contribution in [3.63, 3.8) is 0 Å². The number of carbonyl (C=O) groups excluding carboxylic acids is 4. The summed E-state index contributed by atoms with van der Waals surface area (Å²) in [6, 6.07) is 10.8. The number of amides is 4. The molecule has 20 nitrogen and oxygen atoms in total. The van der Waals surface area contributed by atoms with Crippen LogP contribution in [-0.4, -0.2) is 119 Å². The molecule has 1 aliphatic carbocycles. The molecule has 8 N–H and O–H groups in total. The zero-order valence-corrected chi connectivity index (χ0v) is 57.6. The molecule has 1 aliphatic rings. The van der Waals surface area contributed by atoms with Gasteiger partial charge in [-0.2, -0.15) is 0 Å². The molecule has 0 saturated heterocycles. The summed E-state index contributed by atoms with van der Waals surface area (Å²) < 4.78 is 27.1. The lowest BCUT2D eigenvalue weighted by Crippen LogP contribution is -2.46. The van der Waals surface area contributed by atoms with Crippen molar-refractivity contribution in [2.24, 2.45) is 23.7 Å². The highest BCUT2D eigenvalue weighted by molar-refractivity contribution is 5.87. The molecule has 0 spiro atoms. The highest BCUT2D eigenvalue weighted by atomic mass is 16.5. The van der Waals surface area contributed by atoms with E-state index in [0.717, 1.165) is 22.3 Å². The second-order valence-corrected chi connectivity index (χ2v) is 29.9. The second-order valence-electron chi connectivity index (χ2n) is 29.9. The largest absolute Gasteiger partial charge is 0.483 e. The monoisotopic (exact) mass is 1280 g/mol. The minimum Gasteiger partial charge on any atom is -0.483 e. The molecule has 5 rings (SSSR count). The van der Waals surface area contributed by atoms with Gasteiger partial charge in [0.2, 0.25) is 0 Å². The third-order valence-corrected chi connectivity index (χ3v) is 16.3. The average molecular weight is 1280 g/mol. The number of nitrogens with one attached hydrogen (secondary N) is 4. The number of fused-ring (bicyclic) bond motifs is 8. The number of carbonyl (C=O) groups is 8. The first-order chi connectivity index (χ1) is 42.4. The van der Waals surface area contributed by atoms with Gasteiger partial charge in [0.15, 0.2) is 26.4 Å². The third kappa shape index (κ3) is 19.9. The summed E-state index contributed by atoms with van der Waals surface area (Å²) in [5.41, 5.74) is 5.62. The predicted molar refractivity (Wildman–Crippen MR) is 351 cm³/mol. The number of carboxylic acid groups (broad SMARTS) is 4. The van der Waals surface area contributed by atoms with Crippen LogP contribution in [0.25, 0.3) is 0 Å². The maximum absolute atomic E-state index is 14.1. The fourth-order valence-corrected chi connectivity index (χ4v) is 10.8. The zero-order chi connectivity index (χ0) is 69.4. The fraction of sp³-hybridized carbons (Fsp3) is 0.556. The molecule has 0 aromatic heterocycles. The van der Waals surface area contributed by atoms with E-state index in [1.54, 1.807) is 55.4 Å². The van der Waals surface area contributed by atoms with E-state index in [-0.39, 0.29) is 48.7 Å². The van der Waals surface area contributed by atoms with Gasteiger partial charge < -0.3 is 60.6 Å². The maximum atomic E-state index is 14.1. The molecule has 92 heavy (non-hydrogen) atoms. The summed E-state index contributed by atoms with van der Waals surface area (Å²) in [6.45, 7) is 35.5. The van der Waals surface area contributed by atoms with Gasteiger partial charge in [0, 0.05) is 25.7 Å². The molecular formula is C72H100N4O16. The van der Waals surface area contributed by atoms with Gasteiger partial charge in [-0.25, -0.2) is 19.2 Å². The molecule has 0 fully saturated rings. The molecule has 4 aromatic rings. The van der Waals surface area contributed by atoms with Gasteiger partial charge >= 0.3 is 23.9 Å². The highest BCUT2D eigenvalue weighted by Gasteiger charge is 2.33. The van der Waals surface area contributed by atoms with Crippen molar-refractivity contribution >= 4 is 47.5 Å². The van der Waals surface area contributed by atoms with Crippen LogP contribution in [0.4, 0.5) is 0 Å². The summed E-state index contributed by atoms with van der Waals surface area (Å²) in [4.78, 5) is 106. The smallest absolute Gasteiger partial charge is 0.326 e. The van der Waals surface area contributed by atoms with Crippen LogP contribution >= 0.6 is 0 Å². The molecule has 4 atom stereocenters. The van der Waals surface area contributed by atoms with Gasteiger partial charge in [-0.15, -0.1) is 0 Å². The Morgan fingerprint density at radius 2 is 0.457 bits per heavy atom. The first-order valence-corrected chi connectivity index (χ1v) is 31.6. The second kappa shape index (κ2) is 30.1. The van der Waals surface area contributed by atoms with E-state index in [1.807, 2.05) is 132 Å². The molecule has 0 unspecified atom stereocenters. The highest BCUT2D eigenvalue weighted by Crippen LogP contribution is 2.45. The van der Waals surface area contributed by atoms with Gasteiger partial charge in [-0.3, -0.25) is 19.2 Å². The molecule has 4 aromatic carbocycles. The lowest BCUT2D eigenvalue weighted by molar-refractivity contribution is -0.143. The van der Waals surface area contributed by atoms with Crippen molar-refractivity contribution in [2.45, 2.75) is 210 Å². The van der Waals surface area contributed by atoms with Crippen LogP contribution in [-0.2, 0) is 85.7 Å². The zero-order valence-electron chi connectivity index (χ0n) is 57.6. The number of ether oxygens (including phenoxy) is 4. The lowest BCUT2D eigenvalue weighted by atomic mass is 9.79. The van der Waals surface area contributed by atoms with E-state index in [1.165, 1.54) is 0 Å². The van der Waals surface area contributed by atoms with Crippen molar-refractivity contribution in [3.8, 4) is 23.0 Å². The summed E-state index contributed by atoms with van der Waals surface area (Å²) >= 11 is 0. The van der Waals surface area contributed by atoms with Crippen LogP contribution in [0.15, 0.2) is 48.5 Å². The Hall–Kier alpha value is -8.16. The number of rotatable bonds is 24. The number of hydrogen-bond acceptors (Lipinski definition) is 12. The SMILES string of the molecule is CC(C)[C@H](NC(=O)COc1c2cc(C(C)(C)C)cc1Cc1cc(C(C)(C)C)cc(c1OCC(=O)N[C@H](C(=O)O)C(C)C)Cc1cc(C(C)(C)C)cc(c1OCC(=O)N[C@H](C(=O)O)C(C)C)Cc1cc(C(C)(C)C)cc(c1OCC(=O)N[C@H](C(=O)O)C(C)C)C2)C(=O)O. The molecule has 504 valence electrons. The average Bonchev–Trinajstić information content (AvgIpc) is 0.768. The maximum Gasteiger partial charge on any atom is 0.326 e. The first-order valence-electron chi connectivity index (χ1n) is 31.6. The Labute approximate surface area is 542 Å². The van der Waals surface area contributed by atoms with E-state index in [9.17, 15) is 58.8 Å². The van der Waals surface area contributed by atoms with Gasteiger partial charge in [0.25, 0.3) is 23.6 Å². The van der Waals surface area contributed by atoms with Crippen LogP contribution in [0.3, 0.4) is 0 Å². The van der Waals surface area contributed by atoms with Crippen LogP contribution in [0.2, 0.25) is 0 Å². The van der Waals surface area contributed by atoms with E-state index in [2.05, 4.69) is 21.3 Å². The van der Waals surface area contributed by atoms with Gasteiger partial charge in [-0.05, 0) is 112 Å². The minimum absolute atomic E-state index is 0.0179. The number of hydrogen-bond donors (Lipinski definition) is 8. The Balaban J connectivity index is 2.05. The Bertz CT molecular complexity index is 2870. The minimum atomic E-state index is -1.24. The number of aliphatic carboxylic acids is 4. The third-order valence-electron chi connectivity index (χ3n) is 16.3. The van der Waals surface area contributed by atoms with Crippen molar-refractivity contribution < 1.29 is 77.7 Å². The molecule has 0 aliphatic heterocycles. The fourth-order valence-electron chi connectivity index (χ4n) is 10.8. The van der Waals surface area contributed by atoms with E-state index in [4.69, 9.17) is 18.9 Å². The Kier molecular flexibility index (Phi) is 24.4. The van der Waals surface area contributed by atoms with Crippen LogP contribution in [0.1, 0.15) is 205 Å². The Morgan fingerprint density at radius 1 is 0.315 bits per heavy atom. The summed E-state index contributed by atoms with van der Waals surface area (Å²) in [7, 11) is 0. The van der Waals surface area contributed by atoms with E-state index >= 15 is 0 Å². The van der Waals surface area contributed by atoms with Crippen LogP contribution in [0, 0.1) is 23.7 Å². The lowest BCUT2D eigenvalue weighted by Gasteiger charge is -2.29. The molecular weight excluding hydrogens is 1180 g/mol. The molecule has 8 bridgehead atoms. The predicted octanol–water partition coefficient (Wildman–Crippen LogP) is 9.97. The molecule has 20 heteroatoms. The van der Waals surface area contributed by atoms with Gasteiger partial charge in [0.1, 0.15) is 47.2 Å². The quantitative estimate of drug-likeness (QED) is 0.0285. The summed E-state index contributed by atoms with van der Waals surface area (Å²) in [5, 5.41) is 51.1. The van der Waals surface area contributed by atoms with Crippen molar-refractivity contribution in [1.82, 2.24) is 21.3 Å². The normalized spacial score (nSPS) is 14.2. The number of carboxylic acids is 4.